The third kappa shape index (κ3) is 2.81. The quantitative estimate of drug-likeness (QED) is 0.727. The van der Waals surface area contributed by atoms with Crippen LogP contribution >= 0.6 is 11.3 Å². The van der Waals surface area contributed by atoms with Gasteiger partial charge in [0, 0.05) is 24.0 Å². The second-order valence-corrected chi connectivity index (χ2v) is 4.95. The van der Waals surface area contributed by atoms with Crippen LogP contribution < -0.4 is 11.0 Å². The molecule has 8 heteroatoms. The summed E-state index contributed by atoms with van der Waals surface area (Å²) >= 11 is 1.32. The summed E-state index contributed by atoms with van der Waals surface area (Å²) < 4.78 is 1.32. The number of hydrogen-bond donors (Lipinski definition) is 1. The summed E-state index contributed by atoms with van der Waals surface area (Å²) in [6.45, 7) is 0.113. The molecule has 3 heterocycles. The summed E-state index contributed by atoms with van der Waals surface area (Å²) in [5, 5.41) is 1.73. The zero-order chi connectivity index (χ0) is 14.7. The lowest BCUT2D eigenvalue weighted by atomic mass is 10.3. The molecular formula is C13H10N4O3S. The summed E-state index contributed by atoms with van der Waals surface area (Å²) in [6, 6.07) is 5.36. The summed E-state index contributed by atoms with van der Waals surface area (Å²) in [7, 11) is 0. The van der Waals surface area contributed by atoms with Gasteiger partial charge in [-0.05, 0) is 12.1 Å². The number of nitrogens with one attached hydrogen (secondary N) is 1. The van der Waals surface area contributed by atoms with Gasteiger partial charge in [0.05, 0.1) is 5.69 Å². The molecule has 3 rings (SSSR count). The lowest BCUT2D eigenvalue weighted by molar-refractivity contribution is 0.0220. The van der Waals surface area contributed by atoms with E-state index in [0.717, 1.165) is 0 Å². The second-order valence-electron chi connectivity index (χ2n) is 4.07. The number of rotatable bonds is 4. The molecule has 0 atom stereocenters. The van der Waals surface area contributed by atoms with Crippen molar-refractivity contribution < 1.29 is 9.63 Å². The van der Waals surface area contributed by atoms with Crippen LogP contribution in [0.4, 0.5) is 0 Å². The number of hydroxylamine groups is 1. The molecule has 0 spiro atoms. The van der Waals surface area contributed by atoms with E-state index in [1.165, 1.54) is 21.9 Å². The molecule has 3 aromatic heterocycles. The Kier molecular flexibility index (Phi) is 3.71. The molecule has 0 aliphatic heterocycles. The monoisotopic (exact) mass is 302 g/mol. The molecule has 1 amide bonds. The zero-order valence-electron chi connectivity index (χ0n) is 10.7. The topological polar surface area (TPSA) is 85.6 Å². The first-order valence-corrected chi connectivity index (χ1v) is 6.90. The van der Waals surface area contributed by atoms with E-state index in [9.17, 15) is 9.59 Å². The molecule has 0 radical (unpaired) electrons. The van der Waals surface area contributed by atoms with Crippen molar-refractivity contribution in [2.24, 2.45) is 0 Å². The highest BCUT2D eigenvalue weighted by Crippen LogP contribution is 2.05. The number of pyridine rings is 1. The van der Waals surface area contributed by atoms with Gasteiger partial charge in [-0.25, -0.2) is 10.5 Å². The fourth-order valence-electron chi connectivity index (χ4n) is 1.69. The lowest BCUT2D eigenvalue weighted by Gasteiger charge is -2.05. The van der Waals surface area contributed by atoms with Crippen molar-refractivity contribution in [2.45, 2.75) is 6.61 Å². The first-order valence-electron chi connectivity index (χ1n) is 6.02. The van der Waals surface area contributed by atoms with E-state index >= 15 is 0 Å². The Labute approximate surface area is 122 Å². The Morgan fingerprint density at radius 1 is 1.38 bits per heavy atom. The van der Waals surface area contributed by atoms with E-state index in [1.807, 2.05) is 6.07 Å². The molecule has 0 unspecified atom stereocenters. The van der Waals surface area contributed by atoms with Gasteiger partial charge in [-0.2, -0.15) is 0 Å². The Hall–Kier alpha value is -2.58. The Morgan fingerprint density at radius 2 is 2.29 bits per heavy atom. The highest BCUT2D eigenvalue weighted by atomic mass is 32.1. The third-order valence-electron chi connectivity index (χ3n) is 2.70. The minimum absolute atomic E-state index is 0.0769. The molecule has 0 aliphatic carbocycles. The first kappa shape index (κ1) is 13.4. The maximum Gasteiger partial charge on any atom is 0.282 e. The van der Waals surface area contributed by atoms with Crippen molar-refractivity contribution >= 4 is 22.2 Å². The van der Waals surface area contributed by atoms with Crippen LogP contribution in [0.5, 0.6) is 0 Å². The van der Waals surface area contributed by atoms with Crippen LogP contribution in [0.25, 0.3) is 4.96 Å². The Morgan fingerprint density at radius 3 is 3.10 bits per heavy atom. The van der Waals surface area contributed by atoms with Crippen LogP contribution in [0, 0.1) is 0 Å². The van der Waals surface area contributed by atoms with Gasteiger partial charge in [-0.1, -0.05) is 6.07 Å². The fourth-order valence-corrected chi connectivity index (χ4v) is 2.37. The minimum atomic E-state index is -0.635. The van der Waals surface area contributed by atoms with Gasteiger partial charge in [0.2, 0.25) is 0 Å². The number of thiazole rings is 1. The zero-order valence-corrected chi connectivity index (χ0v) is 11.5. The number of carbonyl (C=O) groups excluding carboxylic acids is 1. The third-order valence-corrected chi connectivity index (χ3v) is 3.47. The number of hydrogen-bond acceptors (Lipinski definition) is 6. The Bertz CT molecular complexity index is 828. The molecule has 0 bridgehead atoms. The number of aromatic nitrogens is 3. The van der Waals surface area contributed by atoms with Crippen molar-refractivity contribution in [3.05, 3.63) is 63.8 Å². The van der Waals surface area contributed by atoms with Gasteiger partial charge in [-0.15, -0.1) is 11.3 Å². The molecule has 1 N–H and O–H groups in total. The predicted molar refractivity (Wildman–Crippen MR) is 75.8 cm³/mol. The SMILES string of the molecule is O=C(NOCc1ccccn1)c1cnc2sccn2c1=O. The molecule has 7 nitrogen and oxygen atoms in total. The van der Waals surface area contributed by atoms with E-state index in [-0.39, 0.29) is 12.2 Å². The van der Waals surface area contributed by atoms with Gasteiger partial charge in [-0.3, -0.25) is 23.8 Å². The molecule has 0 saturated carbocycles. The Balaban J connectivity index is 1.69. The molecule has 0 fully saturated rings. The second kappa shape index (κ2) is 5.81. The first-order chi connectivity index (χ1) is 10.3. The van der Waals surface area contributed by atoms with Crippen LogP contribution in [0.2, 0.25) is 0 Å². The van der Waals surface area contributed by atoms with Crippen molar-refractivity contribution in [1.29, 1.82) is 0 Å². The number of carbonyl (C=O) groups is 1. The summed E-state index contributed by atoms with van der Waals surface area (Å²) in [4.78, 5) is 37.7. The van der Waals surface area contributed by atoms with Crippen LogP contribution in [-0.2, 0) is 11.4 Å². The molecule has 0 saturated heterocycles. The average molecular weight is 302 g/mol. The van der Waals surface area contributed by atoms with Gasteiger partial charge in [0.25, 0.3) is 11.5 Å². The maximum atomic E-state index is 12.1. The van der Waals surface area contributed by atoms with E-state index in [0.29, 0.717) is 10.7 Å². The van der Waals surface area contributed by atoms with Gasteiger partial charge >= 0.3 is 0 Å². The van der Waals surface area contributed by atoms with E-state index in [4.69, 9.17) is 4.84 Å². The standard InChI is InChI=1S/C13H10N4O3S/c18-11(16-20-8-9-3-1-2-4-14-9)10-7-15-13-17(12(10)19)5-6-21-13/h1-7H,8H2,(H,16,18). The van der Waals surface area contributed by atoms with Crippen molar-refractivity contribution in [1.82, 2.24) is 19.8 Å². The lowest BCUT2D eigenvalue weighted by Crippen LogP contribution is -2.31. The summed E-state index contributed by atoms with van der Waals surface area (Å²) in [5.74, 6) is -0.635. The van der Waals surface area contributed by atoms with Gasteiger partial charge < -0.3 is 0 Å². The largest absolute Gasteiger partial charge is 0.282 e. The van der Waals surface area contributed by atoms with Gasteiger partial charge in [0.1, 0.15) is 12.2 Å². The van der Waals surface area contributed by atoms with Crippen LogP contribution in [-0.4, -0.2) is 20.3 Å². The predicted octanol–water partition coefficient (Wildman–Crippen LogP) is 1.01. The molecule has 0 aromatic carbocycles. The molecule has 21 heavy (non-hydrogen) atoms. The summed E-state index contributed by atoms with van der Waals surface area (Å²) in [6.07, 6.45) is 4.44. The minimum Gasteiger partial charge on any atom is -0.268 e. The molecule has 0 aliphatic rings. The summed E-state index contributed by atoms with van der Waals surface area (Å²) in [5.41, 5.74) is 2.38. The number of fused-ring (bicyclic) bond motifs is 1. The highest BCUT2D eigenvalue weighted by molar-refractivity contribution is 7.15. The number of amides is 1. The molecule has 3 aromatic rings. The smallest absolute Gasteiger partial charge is 0.268 e. The molecule has 106 valence electrons. The van der Waals surface area contributed by atoms with Crippen molar-refractivity contribution in [3.8, 4) is 0 Å². The molecular weight excluding hydrogens is 292 g/mol. The van der Waals surface area contributed by atoms with E-state index < -0.39 is 11.5 Å². The highest BCUT2D eigenvalue weighted by Gasteiger charge is 2.13. The van der Waals surface area contributed by atoms with Crippen LogP contribution in [0.1, 0.15) is 16.1 Å². The van der Waals surface area contributed by atoms with E-state index in [2.05, 4.69) is 15.4 Å². The van der Waals surface area contributed by atoms with Gasteiger partial charge in [0.15, 0.2) is 4.96 Å². The average Bonchev–Trinajstić information content (AvgIpc) is 2.98. The van der Waals surface area contributed by atoms with E-state index in [1.54, 1.807) is 29.9 Å². The maximum absolute atomic E-state index is 12.1. The van der Waals surface area contributed by atoms with Crippen molar-refractivity contribution in [2.75, 3.05) is 0 Å². The fraction of sp³-hybridized carbons (Fsp3) is 0.0769. The normalized spacial score (nSPS) is 10.7. The van der Waals surface area contributed by atoms with Crippen molar-refractivity contribution in [3.63, 3.8) is 0 Å². The van der Waals surface area contributed by atoms with Crippen LogP contribution in [0.15, 0.2) is 47.0 Å². The number of nitrogens with zero attached hydrogens (tertiary/aromatic N) is 3. The van der Waals surface area contributed by atoms with Crippen LogP contribution in [0.3, 0.4) is 0 Å².